The molecule has 0 heterocycles. The Morgan fingerprint density at radius 3 is 2.42 bits per heavy atom. The molecular formula is C17H17BrClNO3S. The number of carbonyl (C=O) groups excluding carboxylic acids is 1. The van der Waals surface area contributed by atoms with Gasteiger partial charge in [0.05, 0.1) is 4.90 Å². The molecule has 0 saturated heterocycles. The highest BCUT2D eigenvalue weighted by Crippen LogP contribution is 2.21. The van der Waals surface area contributed by atoms with Gasteiger partial charge in [-0.3, -0.25) is 4.79 Å². The van der Waals surface area contributed by atoms with E-state index in [-0.39, 0.29) is 24.4 Å². The molecule has 0 atom stereocenters. The van der Waals surface area contributed by atoms with Crippen molar-refractivity contribution in [3.8, 4) is 0 Å². The van der Waals surface area contributed by atoms with Crippen LogP contribution in [-0.2, 0) is 21.4 Å². The molecule has 2 rings (SSSR count). The molecule has 128 valence electrons. The van der Waals surface area contributed by atoms with E-state index in [1.165, 1.54) is 4.31 Å². The summed E-state index contributed by atoms with van der Waals surface area (Å²) in [6.45, 7) is 2.09. The maximum absolute atomic E-state index is 12.9. The van der Waals surface area contributed by atoms with Crippen molar-refractivity contribution < 1.29 is 13.2 Å². The van der Waals surface area contributed by atoms with Gasteiger partial charge in [-0.2, -0.15) is 4.31 Å². The number of hydrogen-bond donors (Lipinski definition) is 0. The molecule has 4 nitrogen and oxygen atoms in total. The van der Waals surface area contributed by atoms with E-state index in [4.69, 9.17) is 11.6 Å². The van der Waals surface area contributed by atoms with Crippen LogP contribution >= 0.6 is 27.5 Å². The Balaban J connectivity index is 2.33. The van der Waals surface area contributed by atoms with Crippen molar-refractivity contribution >= 4 is 42.8 Å². The van der Waals surface area contributed by atoms with E-state index in [1.54, 1.807) is 24.3 Å². The summed E-state index contributed by atoms with van der Waals surface area (Å²) >= 11 is 8.77. The van der Waals surface area contributed by atoms with Crippen LogP contribution in [0.5, 0.6) is 0 Å². The van der Waals surface area contributed by atoms with E-state index in [9.17, 15) is 13.2 Å². The van der Waals surface area contributed by atoms with Gasteiger partial charge in [-0.25, -0.2) is 8.42 Å². The summed E-state index contributed by atoms with van der Waals surface area (Å²) in [6.07, 6.45) is -0.0410. The van der Waals surface area contributed by atoms with Crippen LogP contribution in [0, 0.1) is 6.92 Å². The second-order valence-electron chi connectivity index (χ2n) is 5.39. The SMILES string of the molecule is Cc1ccc(S(=O)(=O)N(CCC(=O)Cl)Cc2cccc(Br)c2)cc1. The zero-order valence-electron chi connectivity index (χ0n) is 13.1. The standard InChI is InChI=1S/C17H17BrClNO3S/c1-13-5-7-16(8-6-13)24(22,23)20(10-9-17(19)21)12-14-3-2-4-15(18)11-14/h2-8,11H,9-10,12H2,1H3. The third-order valence-corrected chi connectivity index (χ3v) is 6.01. The Bertz CT molecular complexity index is 822. The molecule has 0 fully saturated rings. The predicted octanol–water partition coefficient (Wildman–Crippen LogP) is 4.10. The fraction of sp³-hybridized carbons (Fsp3) is 0.235. The van der Waals surface area contributed by atoms with Gasteiger partial charge in [-0.1, -0.05) is 45.8 Å². The molecular weight excluding hydrogens is 414 g/mol. The number of carbonyl (C=O) groups is 1. The Morgan fingerprint density at radius 1 is 1.17 bits per heavy atom. The molecule has 0 saturated carbocycles. The Hall–Kier alpha value is -1.21. The van der Waals surface area contributed by atoms with Gasteiger partial charge in [0, 0.05) is 24.0 Å². The summed E-state index contributed by atoms with van der Waals surface area (Å²) in [5.41, 5.74) is 1.80. The summed E-state index contributed by atoms with van der Waals surface area (Å²) in [7, 11) is -3.72. The topological polar surface area (TPSA) is 54.5 Å². The second kappa shape index (κ2) is 8.25. The van der Waals surface area contributed by atoms with Crippen LogP contribution in [0.15, 0.2) is 57.9 Å². The minimum Gasteiger partial charge on any atom is -0.281 e. The first kappa shape index (κ1) is 19.1. The minimum absolute atomic E-state index is 0.0328. The molecule has 0 amide bonds. The summed E-state index contributed by atoms with van der Waals surface area (Å²) in [4.78, 5) is 11.3. The number of benzene rings is 2. The van der Waals surface area contributed by atoms with Crippen molar-refractivity contribution in [2.45, 2.75) is 24.8 Å². The minimum atomic E-state index is -3.72. The van der Waals surface area contributed by atoms with Crippen LogP contribution in [-0.4, -0.2) is 24.5 Å². The summed E-state index contributed by atoms with van der Waals surface area (Å²) in [6, 6.07) is 14.0. The van der Waals surface area contributed by atoms with Crippen LogP contribution < -0.4 is 0 Å². The number of halogens is 2. The Labute approximate surface area is 155 Å². The molecule has 0 aliphatic heterocycles. The summed E-state index contributed by atoms with van der Waals surface area (Å²) in [5, 5.41) is -0.562. The highest BCUT2D eigenvalue weighted by Gasteiger charge is 2.25. The lowest BCUT2D eigenvalue weighted by atomic mass is 10.2. The lowest BCUT2D eigenvalue weighted by molar-refractivity contribution is -0.111. The van der Waals surface area contributed by atoms with E-state index in [2.05, 4.69) is 15.9 Å². The van der Waals surface area contributed by atoms with E-state index in [0.29, 0.717) is 0 Å². The lowest BCUT2D eigenvalue weighted by Crippen LogP contribution is -2.32. The third-order valence-electron chi connectivity index (χ3n) is 3.46. The van der Waals surface area contributed by atoms with Crippen molar-refractivity contribution in [3.63, 3.8) is 0 Å². The average molecular weight is 431 g/mol. The monoisotopic (exact) mass is 429 g/mol. The van der Waals surface area contributed by atoms with Crippen LogP contribution in [0.1, 0.15) is 17.5 Å². The average Bonchev–Trinajstić information content (AvgIpc) is 2.51. The highest BCUT2D eigenvalue weighted by molar-refractivity contribution is 9.10. The molecule has 2 aromatic carbocycles. The second-order valence-corrected chi connectivity index (χ2v) is 8.66. The third kappa shape index (κ3) is 5.14. The number of rotatable bonds is 7. The highest BCUT2D eigenvalue weighted by atomic mass is 79.9. The van der Waals surface area contributed by atoms with Gasteiger partial charge in [0.15, 0.2) is 0 Å². The normalized spacial score (nSPS) is 11.7. The molecule has 0 spiro atoms. The first-order chi connectivity index (χ1) is 11.3. The Morgan fingerprint density at radius 2 is 1.83 bits per heavy atom. The van der Waals surface area contributed by atoms with Gasteiger partial charge in [0.1, 0.15) is 0 Å². The van der Waals surface area contributed by atoms with Gasteiger partial charge in [-0.05, 0) is 48.4 Å². The molecule has 0 aliphatic carbocycles. The molecule has 0 radical (unpaired) electrons. The predicted molar refractivity (Wildman–Crippen MR) is 98.4 cm³/mol. The van der Waals surface area contributed by atoms with Crippen LogP contribution in [0.3, 0.4) is 0 Å². The molecule has 0 N–H and O–H groups in total. The zero-order valence-corrected chi connectivity index (χ0v) is 16.2. The van der Waals surface area contributed by atoms with Crippen molar-refractivity contribution in [1.29, 1.82) is 0 Å². The summed E-state index contributed by atoms with van der Waals surface area (Å²) < 4.78 is 28.0. The lowest BCUT2D eigenvalue weighted by Gasteiger charge is -2.22. The largest absolute Gasteiger partial charge is 0.281 e. The number of aryl methyl sites for hydroxylation is 1. The Kier molecular flexibility index (Phi) is 6.57. The molecule has 24 heavy (non-hydrogen) atoms. The van der Waals surface area contributed by atoms with E-state index in [1.807, 2.05) is 31.2 Å². The zero-order chi connectivity index (χ0) is 17.7. The quantitative estimate of drug-likeness (QED) is 0.621. The van der Waals surface area contributed by atoms with Gasteiger partial charge in [0.2, 0.25) is 15.3 Å². The maximum Gasteiger partial charge on any atom is 0.243 e. The van der Waals surface area contributed by atoms with Crippen molar-refractivity contribution in [1.82, 2.24) is 4.31 Å². The van der Waals surface area contributed by atoms with Crippen LogP contribution in [0.4, 0.5) is 0 Å². The van der Waals surface area contributed by atoms with E-state index in [0.717, 1.165) is 15.6 Å². The number of sulfonamides is 1. The fourth-order valence-corrected chi connectivity index (χ4v) is 4.16. The first-order valence-electron chi connectivity index (χ1n) is 7.28. The van der Waals surface area contributed by atoms with Gasteiger partial charge >= 0.3 is 0 Å². The number of nitrogens with zero attached hydrogens (tertiary/aromatic N) is 1. The van der Waals surface area contributed by atoms with Gasteiger partial charge in [0.25, 0.3) is 0 Å². The molecule has 0 bridgehead atoms. The molecule has 2 aromatic rings. The fourth-order valence-electron chi connectivity index (χ4n) is 2.20. The van der Waals surface area contributed by atoms with Gasteiger partial charge in [-0.15, -0.1) is 0 Å². The maximum atomic E-state index is 12.9. The molecule has 7 heteroatoms. The number of hydrogen-bond acceptors (Lipinski definition) is 3. The van der Waals surface area contributed by atoms with Crippen molar-refractivity contribution in [3.05, 3.63) is 64.1 Å². The van der Waals surface area contributed by atoms with E-state index >= 15 is 0 Å². The molecule has 0 aromatic heterocycles. The van der Waals surface area contributed by atoms with Gasteiger partial charge < -0.3 is 0 Å². The van der Waals surface area contributed by atoms with E-state index < -0.39 is 15.3 Å². The smallest absolute Gasteiger partial charge is 0.243 e. The summed E-state index contributed by atoms with van der Waals surface area (Å²) in [5.74, 6) is 0. The van der Waals surface area contributed by atoms with Crippen molar-refractivity contribution in [2.75, 3.05) is 6.54 Å². The van der Waals surface area contributed by atoms with Crippen molar-refractivity contribution in [2.24, 2.45) is 0 Å². The van der Waals surface area contributed by atoms with Crippen LogP contribution in [0.2, 0.25) is 0 Å². The first-order valence-corrected chi connectivity index (χ1v) is 9.90. The molecule has 0 aliphatic rings. The van der Waals surface area contributed by atoms with Crippen LogP contribution in [0.25, 0.3) is 0 Å². The molecule has 0 unspecified atom stereocenters.